The van der Waals surface area contributed by atoms with Crippen LogP contribution in [0.25, 0.3) is 0 Å². The Morgan fingerprint density at radius 2 is 1.96 bits per heavy atom. The summed E-state index contributed by atoms with van der Waals surface area (Å²) in [5.41, 5.74) is 1.11. The third-order valence-corrected chi connectivity index (χ3v) is 5.56. The molecule has 1 aromatic rings. The zero-order chi connectivity index (χ0) is 18.5. The molecule has 1 atom stereocenters. The van der Waals surface area contributed by atoms with Crippen LogP contribution in [0, 0.1) is 17.7 Å². The van der Waals surface area contributed by atoms with Gasteiger partial charge in [-0.25, -0.2) is 4.39 Å². The Kier molecular flexibility index (Phi) is 8.05. The first-order valence-corrected chi connectivity index (χ1v) is 9.44. The molecule has 0 radical (unpaired) electrons. The molecule has 0 spiro atoms. The van der Waals surface area contributed by atoms with Crippen LogP contribution in [-0.2, 0) is 16.0 Å². The van der Waals surface area contributed by atoms with Crippen LogP contribution in [0.2, 0.25) is 0 Å². The molecule has 2 fully saturated rings. The van der Waals surface area contributed by atoms with Crippen LogP contribution >= 0.6 is 12.4 Å². The van der Waals surface area contributed by atoms with E-state index in [1.54, 1.807) is 12.1 Å². The first kappa shape index (κ1) is 21.6. The van der Waals surface area contributed by atoms with Crippen LogP contribution in [0.3, 0.4) is 0 Å². The van der Waals surface area contributed by atoms with Gasteiger partial charge in [-0.2, -0.15) is 0 Å². The zero-order valence-electron chi connectivity index (χ0n) is 15.6. The quantitative estimate of drug-likeness (QED) is 0.748. The van der Waals surface area contributed by atoms with E-state index in [2.05, 4.69) is 10.6 Å². The minimum absolute atomic E-state index is 0. The maximum Gasteiger partial charge on any atom is 0.308 e. The number of nitrogens with one attached hydrogen (secondary N) is 2. The molecular weight excluding hydrogens is 371 g/mol. The fourth-order valence-corrected chi connectivity index (χ4v) is 4.00. The second-order valence-electron chi connectivity index (χ2n) is 7.42. The molecule has 2 N–H and O–H groups in total. The Labute approximate surface area is 165 Å². The maximum atomic E-state index is 14.2. The van der Waals surface area contributed by atoms with Crippen molar-refractivity contribution in [1.29, 1.82) is 0 Å². The third-order valence-electron chi connectivity index (χ3n) is 5.56. The summed E-state index contributed by atoms with van der Waals surface area (Å²) < 4.78 is 18.9. The van der Waals surface area contributed by atoms with Crippen LogP contribution in [0.5, 0.6) is 0 Å². The van der Waals surface area contributed by atoms with Gasteiger partial charge < -0.3 is 15.4 Å². The summed E-state index contributed by atoms with van der Waals surface area (Å²) in [5, 5.41) is 6.26. The van der Waals surface area contributed by atoms with E-state index in [0.29, 0.717) is 31.6 Å². The summed E-state index contributed by atoms with van der Waals surface area (Å²) in [4.78, 5) is 24.1. The van der Waals surface area contributed by atoms with Gasteiger partial charge in [-0.1, -0.05) is 6.07 Å². The van der Waals surface area contributed by atoms with E-state index in [4.69, 9.17) is 4.74 Å². The van der Waals surface area contributed by atoms with E-state index in [-0.39, 0.29) is 41.8 Å². The fourth-order valence-electron chi connectivity index (χ4n) is 4.00. The van der Waals surface area contributed by atoms with Gasteiger partial charge in [0.2, 0.25) is 0 Å². The first-order chi connectivity index (χ1) is 12.6. The van der Waals surface area contributed by atoms with Gasteiger partial charge in [0.15, 0.2) is 0 Å². The minimum Gasteiger partial charge on any atom is -0.469 e. The predicted octanol–water partition coefficient (Wildman–Crippen LogP) is 2.86. The highest BCUT2D eigenvalue weighted by atomic mass is 35.5. The Bertz CT molecular complexity index is 657. The molecule has 1 aliphatic carbocycles. The Balaban J connectivity index is 0.00000261. The predicted molar refractivity (Wildman–Crippen MR) is 104 cm³/mol. The minimum atomic E-state index is -0.487. The summed E-state index contributed by atoms with van der Waals surface area (Å²) in [7, 11) is 1.40. The molecule has 1 saturated carbocycles. The lowest BCUT2D eigenvalue weighted by molar-refractivity contribution is -0.146. The molecule has 2 aliphatic rings. The van der Waals surface area contributed by atoms with E-state index in [1.807, 2.05) is 0 Å². The van der Waals surface area contributed by atoms with Crippen molar-refractivity contribution in [3.8, 4) is 0 Å². The topological polar surface area (TPSA) is 67.4 Å². The fraction of sp³-hybridized carbons (Fsp3) is 0.600. The molecule has 1 aromatic carbocycles. The first-order valence-electron chi connectivity index (χ1n) is 9.44. The van der Waals surface area contributed by atoms with Gasteiger partial charge in [0.1, 0.15) is 5.82 Å². The highest BCUT2D eigenvalue weighted by molar-refractivity contribution is 5.94. The van der Waals surface area contributed by atoms with E-state index in [1.165, 1.54) is 13.2 Å². The lowest BCUT2D eigenvalue weighted by Gasteiger charge is -2.27. The van der Waals surface area contributed by atoms with Crippen molar-refractivity contribution in [1.82, 2.24) is 10.6 Å². The Morgan fingerprint density at radius 3 is 2.59 bits per heavy atom. The standard InChI is InChI=1S/C20H27FN2O3.ClH/c1-26-20(25)15-3-5-16(6-4-15)23-19(24)17-11-13(2-7-18(17)21)10-14-8-9-22-12-14;/h2,7,11,14-16,22H,3-6,8-10,12H2,1H3,(H,23,24);1H. The summed E-state index contributed by atoms with van der Waals surface area (Å²) in [5.74, 6) is -0.581. The molecule has 27 heavy (non-hydrogen) atoms. The van der Waals surface area contributed by atoms with Gasteiger partial charge in [0.05, 0.1) is 18.6 Å². The van der Waals surface area contributed by atoms with Crippen molar-refractivity contribution >= 4 is 24.3 Å². The average Bonchev–Trinajstić information content (AvgIpc) is 3.16. The highest BCUT2D eigenvalue weighted by Gasteiger charge is 2.28. The van der Waals surface area contributed by atoms with Crippen molar-refractivity contribution in [2.45, 2.75) is 44.6 Å². The van der Waals surface area contributed by atoms with Crippen LogP contribution in [0.1, 0.15) is 48.0 Å². The summed E-state index contributed by atoms with van der Waals surface area (Å²) >= 11 is 0. The van der Waals surface area contributed by atoms with Gasteiger partial charge >= 0.3 is 5.97 Å². The van der Waals surface area contributed by atoms with Crippen molar-refractivity contribution in [2.75, 3.05) is 20.2 Å². The number of halogens is 2. The second kappa shape index (κ2) is 10.0. The molecule has 5 nitrogen and oxygen atoms in total. The molecule has 1 amide bonds. The number of benzene rings is 1. The van der Waals surface area contributed by atoms with Gasteiger partial charge in [-0.15, -0.1) is 12.4 Å². The molecule has 1 aliphatic heterocycles. The normalized spacial score (nSPS) is 24.7. The number of carbonyl (C=O) groups excluding carboxylic acids is 2. The number of esters is 1. The van der Waals surface area contributed by atoms with Gasteiger partial charge in [0, 0.05) is 6.04 Å². The molecule has 1 unspecified atom stereocenters. The van der Waals surface area contributed by atoms with E-state index in [9.17, 15) is 14.0 Å². The van der Waals surface area contributed by atoms with Crippen molar-refractivity contribution in [2.24, 2.45) is 11.8 Å². The van der Waals surface area contributed by atoms with Crippen molar-refractivity contribution in [3.63, 3.8) is 0 Å². The summed E-state index contributed by atoms with van der Waals surface area (Å²) in [6.07, 6.45) is 4.77. The van der Waals surface area contributed by atoms with Gasteiger partial charge in [-0.3, -0.25) is 9.59 Å². The number of ether oxygens (including phenoxy) is 1. The van der Waals surface area contributed by atoms with Crippen molar-refractivity contribution < 1.29 is 18.7 Å². The average molecular weight is 399 g/mol. The Hall–Kier alpha value is -1.66. The summed E-state index contributed by atoms with van der Waals surface area (Å²) in [6.45, 7) is 2.00. The summed E-state index contributed by atoms with van der Waals surface area (Å²) in [6, 6.07) is 4.82. The highest BCUT2D eigenvalue weighted by Crippen LogP contribution is 2.26. The second-order valence-corrected chi connectivity index (χ2v) is 7.42. The molecular formula is C20H28ClFN2O3. The van der Waals surface area contributed by atoms with Gasteiger partial charge in [0.25, 0.3) is 5.91 Å². The number of methoxy groups -OCH3 is 1. The molecule has 1 heterocycles. The molecule has 0 aromatic heterocycles. The monoisotopic (exact) mass is 398 g/mol. The molecule has 0 bridgehead atoms. The van der Waals surface area contributed by atoms with Gasteiger partial charge in [-0.05, 0) is 75.2 Å². The number of amides is 1. The molecule has 150 valence electrons. The maximum absolute atomic E-state index is 14.2. The van der Waals surface area contributed by atoms with Crippen LogP contribution in [-0.4, -0.2) is 38.1 Å². The van der Waals surface area contributed by atoms with Crippen LogP contribution < -0.4 is 10.6 Å². The number of hydrogen-bond donors (Lipinski definition) is 2. The molecule has 3 rings (SSSR count). The van der Waals surface area contributed by atoms with Crippen LogP contribution in [0.15, 0.2) is 18.2 Å². The van der Waals surface area contributed by atoms with E-state index < -0.39 is 5.82 Å². The molecule has 7 heteroatoms. The number of hydrogen-bond acceptors (Lipinski definition) is 4. The van der Waals surface area contributed by atoms with E-state index in [0.717, 1.165) is 31.5 Å². The number of carbonyl (C=O) groups is 2. The largest absolute Gasteiger partial charge is 0.469 e. The molecule has 1 saturated heterocycles. The lowest BCUT2D eigenvalue weighted by Crippen LogP contribution is -2.39. The number of rotatable bonds is 5. The third kappa shape index (κ3) is 5.66. The van der Waals surface area contributed by atoms with Crippen LogP contribution in [0.4, 0.5) is 4.39 Å². The SMILES string of the molecule is COC(=O)C1CCC(NC(=O)c2cc(CC3CCNC3)ccc2F)CC1.Cl. The Morgan fingerprint density at radius 1 is 1.22 bits per heavy atom. The van der Waals surface area contributed by atoms with Crippen molar-refractivity contribution in [3.05, 3.63) is 35.1 Å². The lowest BCUT2D eigenvalue weighted by atomic mass is 9.86. The van der Waals surface area contributed by atoms with E-state index >= 15 is 0 Å². The smallest absolute Gasteiger partial charge is 0.308 e. The zero-order valence-corrected chi connectivity index (χ0v) is 16.4.